The molecule has 0 radical (unpaired) electrons. The van der Waals surface area contributed by atoms with Gasteiger partial charge in [0.25, 0.3) is 0 Å². The van der Waals surface area contributed by atoms with Gasteiger partial charge in [0.2, 0.25) is 0 Å². The maximum absolute atomic E-state index is 12.4. The Balaban J connectivity index is 2.48. The molecule has 104 valence electrons. The molecule has 0 saturated heterocycles. The Kier molecular flexibility index (Phi) is 3.66. The van der Waals surface area contributed by atoms with E-state index in [4.69, 9.17) is 5.26 Å². The molecule has 0 fully saturated rings. The van der Waals surface area contributed by atoms with Crippen molar-refractivity contribution in [3.8, 4) is 22.9 Å². The van der Waals surface area contributed by atoms with Gasteiger partial charge in [-0.05, 0) is 25.1 Å². The minimum absolute atomic E-state index is 0.0934. The molecule has 0 amide bonds. The summed E-state index contributed by atoms with van der Waals surface area (Å²) < 4.78 is 42.8. The first-order valence-electron chi connectivity index (χ1n) is 5.75. The zero-order chi connectivity index (χ0) is 14.8. The molecule has 0 spiro atoms. The van der Waals surface area contributed by atoms with E-state index in [2.05, 4.69) is 9.84 Å². The van der Waals surface area contributed by atoms with Gasteiger partial charge in [0.1, 0.15) is 5.75 Å². The predicted octanol–water partition coefficient (Wildman–Crippen LogP) is 3.34. The van der Waals surface area contributed by atoms with E-state index in [1.54, 1.807) is 16.9 Å². The summed E-state index contributed by atoms with van der Waals surface area (Å²) >= 11 is 0. The van der Waals surface area contributed by atoms with Gasteiger partial charge in [0, 0.05) is 23.9 Å². The molecule has 1 aromatic heterocycles. The van der Waals surface area contributed by atoms with E-state index >= 15 is 0 Å². The Morgan fingerprint density at radius 2 is 2.15 bits per heavy atom. The molecule has 1 aromatic carbocycles. The Bertz CT molecular complexity index is 656. The smallest absolute Gasteiger partial charge is 0.405 e. The summed E-state index contributed by atoms with van der Waals surface area (Å²) in [6, 6.07) is 5.69. The summed E-state index contributed by atoms with van der Waals surface area (Å²) in [7, 11) is 0. The van der Waals surface area contributed by atoms with Crippen molar-refractivity contribution < 1.29 is 17.9 Å². The summed E-state index contributed by atoms with van der Waals surface area (Å²) in [5, 5.41) is 12.8. The summed E-state index contributed by atoms with van der Waals surface area (Å²) in [6.45, 7) is 2.47. The maximum atomic E-state index is 12.4. The molecule has 0 saturated carbocycles. The molecule has 4 nitrogen and oxygen atoms in total. The first-order chi connectivity index (χ1) is 9.43. The van der Waals surface area contributed by atoms with E-state index in [9.17, 15) is 13.2 Å². The SMILES string of the molecule is CCn1cc(-c2ccc(C#N)cc2OC(F)(F)F)cn1. The highest BCUT2D eigenvalue weighted by atomic mass is 19.4. The van der Waals surface area contributed by atoms with Gasteiger partial charge in [-0.25, -0.2) is 0 Å². The molecule has 1 heterocycles. The normalized spacial score (nSPS) is 11.2. The van der Waals surface area contributed by atoms with Crippen LogP contribution in [0.2, 0.25) is 0 Å². The molecule has 0 aliphatic carbocycles. The minimum atomic E-state index is -4.82. The molecule has 0 aliphatic rings. The van der Waals surface area contributed by atoms with Crippen LogP contribution in [0.4, 0.5) is 13.2 Å². The van der Waals surface area contributed by atoms with Crippen molar-refractivity contribution in [3.63, 3.8) is 0 Å². The third kappa shape index (κ3) is 3.09. The predicted molar refractivity (Wildman–Crippen MR) is 64.7 cm³/mol. The van der Waals surface area contributed by atoms with Gasteiger partial charge in [-0.2, -0.15) is 10.4 Å². The standard InChI is InChI=1S/C13H10F3N3O/c1-2-19-8-10(7-18-19)11-4-3-9(6-17)5-12(11)20-13(14,15)16/h3-5,7-8H,2H2,1H3. The first kappa shape index (κ1) is 13.9. The third-order valence-electron chi connectivity index (χ3n) is 2.60. The van der Waals surface area contributed by atoms with Crippen LogP contribution in [-0.2, 0) is 6.54 Å². The van der Waals surface area contributed by atoms with E-state index in [0.29, 0.717) is 12.1 Å². The quantitative estimate of drug-likeness (QED) is 0.867. The van der Waals surface area contributed by atoms with Gasteiger partial charge in [-0.1, -0.05) is 0 Å². The third-order valence-corrected chi connectivity index (χ3v) is 2.60. The molecular formula is C13H10F3N3O. The van der Waals surface area contributed by atoms with Crippen LogP contribution in [0.5, 0.6) is 5.75 Å². The lowest BCUT2D eigenvalue weighted by atomic mass is 10.1. The Morgan fingerprint density at radius 3 is 2.70 bits per heavy atom. The summed E-state index contributed by atoms with van der Waals surface area (Å²) in [5.74, 6) is -0.410. The second kappa shape index (κ2) is 5.25. The molecule has 20 heavy (non-hydrogen) atoms. The van der Waals surface area contributed by atoms with Crippen molar-refractivity contribution in [2.45, 2.75) is 19.8 Å². The van der Waals surface area contributed by atoms with Crippen LogP contribution in [-0.4, -0.2) is 16.1 Å². The van der Waals surface area contributed by atoms with Crippen LogP contribution >= 0.6 is 0 Å². The molecule has 2 rings (SSSR count). The molecule has 0 atom stereocenters. The molecular weight excluding hydrogens is 271 g/mol. The second-order valence-corrected chi connectivity index (χ2v) is 3.96. The van der Waals surface area contributed by atoms with Crippen LogP contribution in [0.15, 0.2) is 30.6 Å². The van der Waals surface area contributed by atoms with E-state index in [0.717, 1.165) is 6.07 Å². The summed E-state index contributed by atoms with van der Waals surface area (Å²) in [6.07, 6.45) is -1.75. The highest BCUT2D eigenvalue weighted by molar-refractivity contribution is 5.70. The summed E-state index contributed by atoms with van der Waals surface area (Å²) in [4.78, 5) is 0. The van der Waals surface area contributed by atoms with Gasteiger partial charge in [0.15, 0.2) is 0 Å². The number of alkyl halides is 3. The maximum Gasteiger partial charge on any atom is 0.573 e. The van der Waals surface area contributed by atoms with Gasteiger partial charge in [-0.15, -0.1) is 13.2 Å². The van der Waals surface area contributed by atoms with Crippen molar-refractivity contribution in [2.75, 3.05) is 0 Å². The van der Waals surface area contributed by atoms with E-state index in [-0.39, 0.29) is 11.1 Å². The molecule has 2 aromatic rings. The lowest BCUT2D eigenvalue weighted by molar-refractivity contribution is -0.274. The monoisotopic (exact) mass is 281 g/mol. The Hall–Kier alpha value is -2.49. The lowest BCUT2D eigenvalue weighted by Gasteiger charge is -2.12. The van der Waals surface area contributed by atoms with E-state index in [1.165, 1.54) is 18.3 Å². The van der Waals surface area contributed by atoms with Gasteiger partial charge < -0.3 is 4.74 Å². The average molecular weight is 281 g/mol. The van der Waals surface area contributed by atoms with Crippen molar-refractivity contribution in [3.05, 3.63) is 36.2 Å². The Labute approximate surface area is 113 Å². The molecule has 0 unspecified atom stereocenters. The highest BCUT2D eigenvalue weighted by Gasteiger charge is 2.32. The topological polar surface area (TPSA) is 50.8 Å². The minimum Gasteiger partial charge on any atom is -0.405 e. The first-order valence-corrected chi connectivity index (χ1v) is 5.75. The average Bonchev–Trinajstić information content (AvgIpc) is 2.85. The molecule has 0 N–H and O–H groups in total. The van der Waals surface area contributed by atoms with Gasteiger partial charge >= 0.3 is 6.36 Å². The molecule has 0 aliphatic heterocycles. The fourth-order valence-corrected chi connectivity index (χ4v) is 1.72. The largest absolute Gasteiger partial charge is 0.573 e. The van der Waals surface area contributed by atoms with Crippen LogP contribution in [0.1, 0.15) is 12.5 Å². The number of rotatable bonds is 3. The van der Waals surface area contributed by atoms with Crippen molar-refractivity contribution in [1.82, 2.24) is 9.78 Å². The number of nitriles is 1. The fourth-order valence-electron chi connectivity index (χ4n) is 1.72. The van der Waals surface area contributed by atoms with E-state index in [1.807, 2.05) is 6.92 Å². The Morgan fingerprint density at radius 1 is 1.40 bits per heavy atom. The van der Waals surface area contributed by atoms with Crippen molar-refractivity contribution in [2.24, 2.45) is 0 Å². The second-order valence-electron chi connectivity index (χ2n) is 3.96. The zero-order valence-electron chi connectivity index (χ0n) is 10.5. The van der Waals surface area contributed by atoms with Crippen LogP contribution in [0.25, 0.3) is 11.1 Å². The van der Waals surface area contributed by atoms with Crippen molar-refractivity contribution in [1.29, 1.82) is 5.26 Å². The number of aryl methyl sites for hydroxylation is 1. The number of halogens is 3. The van der Waals surface area contributed by atoms with E-state index < -0.39 is 12.1 Å². The van der Waals surface area contributed by atoms with Crippen LogP contribution in [0, 0.1) is 11.3 Å². The zero-order valence-corrected chi connectivity index (χ0v) is 10.5. The summed E-state index contributed by atoms with van der Waals surface area (Å²) in [5.41, 5.74) is 0.826. The van der Waals surface area contributed by atoms with Crippen molar-refractivity contribution >= 4 is 0 Å². The molecule has 7 heteroatoms. The van der Waals surface area contributed by atoms with Gasteiger partial charge in [0.05, 0.1) is 17.8 Å². The number of hydrogen-bond donors (Lipinski definition) is 0. The number of ether oxygens (including phenoxy) is 1. The van der Waals surface area contributed by atoms with Crippen LogP contribution < -0.4 is 4.74 Å². The van der Waals surface area contributed by atoms with Crippen LogP contribution in [0.3, 0.4) is 0 Å². The number of nitrogens with zero attached hydrogens (tertiary/aromatic N) is 3. The van der Waals surface area contributed by atoms with Gasteiger partial charge in [-0.3, -0.25) is 4.68 Å². The fraction of sp³-hybridized carbons (Fsp3) is 0.231. The highest BCUT2D eigenvalue weighted by Crippen LogP contribution is 2.34. The lowest BCUT2D eigenvalue weighted by Crippen LogP contribution is -2.17. The number of benzene rings is 1. The molecule has 0 bridgehead atoms. The number of hydrogen-bond acceptors (Lipinski definition) is 3. The number of aromatic nitrogens is 2.